The Morgan fingerprint density at radius 1 is 1.03 bits per heavy atom. The van der Waals surface area contributed by atoms with Crippen molar-refractivity contribution in [2.45, 2.75) is 44.6 Å². The van der Waals surface area contributed by atoms with Gasteiger partial charge in [0, 0.05) is 28.8 Å². The Hall–Kier alpha value is -3.61. The molecule has 0 unspecified atom stereocenters. The minimum absolute atomic E-state index is 0.0444. The maximum absolute atomic E-state index is 12.6. The number of phenolic OH excluding ortho intramolecular Hbond substituents is 1. The van der Waals surface area contributed by atoms with E-state index in [0.717, 1.165) is 36.9 Å². The third-order valence-corrected chi connectivity index (χ3v) is 5.67. The van der Waals surface area contributed by atoms with E-state index in [0.29, 0.717) is 28.4 Å². The highest BCUT2D eigenvalue weighted by atomic mass is 16.3. The zero-order valence-electron chi connectivity index (χ0n) is 17.3. The first-order valence-electron chi connectivity index (χ1n) is 10.6. The zero-order chi connectivity index (χ0) is 21.5. The van der Waals surface area contributed by atoms with Gasteiger partial charge < -0.3 is 15.7 Å². The lowest BCUT2D eigenvalue weighted by Gasteiger charge is -2.09. The van der Waals surface area contributed by atoms with Crippen molar-refractivity contribution in [1.82, 2.24) is 15.1 Å². The first-order chi connectivity index (χ1) is 15.0. The third kappa shape index (κ3) is 4.17. The van der Waals surface area contributed by atoms with E-state index in [9.17, 15) is 14.7 Å². The number of carbonyl (C=O) groups excluding carboxylic acids is 2. The van der Waals surface area contributed by atoms with Crippen LogP contribution < -0.4 is 10.6 Å². The smallest absolute Gasteiger partial charge is 0.342 e. The topological polar surface area (TPSA) is 96.2 Å². The van der Waals surface area contributed by atoms with Crippen LogP contribution in [-0.4, -0.2) is 32.9 Å². The molecule has 2 amide bonds. The van der Waals surface area contributed by atoms with Gasteiger partial charge in [0.25, 0.3) is 5.91 Å². The molecule has 1 aromatic heterocycles. The van der Waals surface area contributed by atoms with Crippen molar-refractivity contribution in [1.29, 1.82) is 0 Å². The lowest BCUT2D eigenvalue weighted by Crippen LogP contribution is -2.32. The molecule has 2 saturated carbocycles. The summed E-state index contributed by atoms with van der Waals surface area (Å²) in [5, 5.41) is 20.8. The van der Waals surface area contributed by atoms with Gasteiger partial charge in [-0.1, -0.05) is 17.7 Å². The summed E-state index contributed by atoms with van der Waals surface area (Å²) in [6.45, 7) is 1.97. The van der Waals surface area contributed by atoms with Crippen molar-refractivity contribution in [2.24, 2.45) is 0 Å². The second kappa shape index (κ2) is 7.58. The van der Waals surface area contributed by atoms with Gasteiger partial charge in [-0.05, 0) is 69.0 Å². The number of rotatable bonds is 5. The van der Waals surface area contributed by atoms with Crippen LogP contribution in [0, 0.1) is 6.92 Å². The first kappa shape index (κ1) is 19.4. The highest BCUT2D eigenvalue weighted by molar-refractivity contribution is 6.04. The minimum Gasteiger partial charge on any atom is -0.507 e. The second-order valence-electron chi connectivity index (χ2n) is 8.42. The molecule has 0 saturated heterocycles. The molecule has 0 spiro atoms. The molecule has 0 bridgehead atoms. The predicted molar refractivity (Wildman–Crippen MR) is 117 cm³/mol. The van der Waals surface area contributed by atoms with E-state index in [-0.39, 0.29) is 23.7 Å². The SMILES string of the molecule is Cc1ccc(C(=O)Nc2ccc(O)c(-c3cc(C4CC4)n(C(=O)NC4CC4)n3)c2)cc1. The number of aromatic hydroxyl groups is 1. The Balaban J connectivity index is 1.43. The van der Waals surface area contributed by atoms with Gasteiger partial charge in [-0.15, -0.1) is 0 Å². The number of hydrogen-bond donors (Lipinski definition) is 3. The Morgan fingerprint density at radius 2 is 1.77 bits per heavy atom. The maximum atomic E-state index is 12.6. The lowest BCUT2D eigenvalue weighted by molar-refractivity contribution is 0.102. The third-order valence-electron chi connectivity index (χ3n) is 5.67. The van der Waals surface area contributed by atoms with Crippen molar-refractivity contribution < 1.29 is 14.7 Å². The van der Waals surface area contributed by atoms with Gasteiger partial charge in [0.05, 0.1) is 11.4 Å². The maximum Gasteiger partial charge on any atom is 0.342 e. The fourth-order valence-corrected chi connectivity index (χ4v) is 3.55. The van der Waals surface area contributed by atoms with E-state index >= 15 is 0 Å². The van der Waals surface area contributed by atoms with Crippen LogP contribution in [0.25, 0.3) is 11.3 Å². The zero-order valence-corrected chi connectivity index (χ0v) is 17.3. The Kier molecular flexibility index (Phi) is 4.73. The van der Waals surface area contributed by atoms with Gasteiger partial charge in [0.15, 0.2) is 0 Å². The molecular weight excluding hydrogens is 392 g/mol. The summed E-state index contributed by atoms with van der Waals surface area (Å²) in [5.74, 6) is 0.130. The highest BCUT2D eigenvalue weighted by Gasteiger charge is 2.32. The number of benzene rings is 2. The van der Waals surface area contributed by atoms with Crippen LogP contribution in [-0.2, 0) is 0 Å². The van der Waals surface area contributed by atoms with Crippen molar-refractivity contribution in [3.8, 4) is 17.0 Å². The van der Waals surface area contributed by atoms with Crippen molar-refractivity contribution in [2.75, 3.05) is 5.32 Å². The van der Waals surface area contributed by atoms with Crippen molar-refractivity contribution in [3.63, 3.8) is 0 Å². The number of anilines is 1. The van der Waals surface area contributed by atoms with Crippen LogP contribution in [0.2, 0.25) is 0 Å². The van der Waals surface area contributed by atoms with Crippen LogP contribution in [0.4, 0.5) is 10.5 Å². The van der Waals surface area contributed by atoms with Crippen LogP contribution in [0.15, 0.2) is 48.5 Å². The molecule has 2 aliphatic carbocycles. The van der Waals surface area contributed by atoms with Gasteiger partial charge in [-0.3, -0.25) is 4.79 Å². The minimum atomic E-state index is -0.232. The number of hydrogen-bond acceptors (Lipinski definition) is 4. The first-order valence-corrected chi connectivity index (χ1v) is 10.6. The molecule has 31 heavy (non-hydrogen) atoms. The quantitative estimate of drug-likeness (QED) is 0.537. The fourth-order valence-electron chi connectivity index (χ4n) is 3.55. The number of aryl methyl sites for hydroxylation is 1. The molecule has 158 valence electrons. The van der Waals surface area contributed by atoms with E-state index in [1.54, 1.807) is 24.3 Å². The summed E-state index contributed by atoms with van der Waals surface area (Å²) in [4.78, 5) is 25.2. The molecule has 7 nitrogen and oxygen atoms in total. The average molecular weight is 416 g/mol. The van der Waals surface area contributed by atoms with Gasteiger partial charge in [0.1, 0.15) is 5.75 Å². The van der Waals surface area contributed by atoms with E-state index in [2.05, 4.69) is 15.7 Å². The van der Waals surface area contributed by atoms with E-state index < -0.39 is 0 Å². The fraction of sp³-hybridized carbons (Fsp3) is 0.292. The highest BCUT2D eigenvalue weighted by Crippen LogP contribution is 2.42. The molecule has 2 aromatic carbocycles. The normalized spacial score (nSPS) is 15.5. The summed E-state index contributed by atoms with van der Waals surface area (Å²) in [6.07, 6.45) is 4.06. The summed E-state index contributed by atoms with van der Waals surface area (Å²) >= 11 is 0. The number of nitrogens with one attached hydrogen (secondary N) is 2. The summed E-state index contributed by atoms with van der Waals surface area (Å²) < 4.78 is 1.43. The summed E-state index contributed by atoms with van der Waals surface area (Å²) in [7, 11) is 0. The molecule has 1 heterocycles. The number of phenols is 1. The monoisotopic (exact) mass is 416 g/mol. The molecule has 0 aliphatic heterocycles. The molecule has 5 rings (SSSR count). The van der Waals surface area contributed by atoms with Gasteiger partial charge in [-0.25, -0.2) is 4.79 Å². The standard InChI is InChI=1S/C24H24N4O3/c1-14-2-4-16(5-3-14)23(30)25-18-10-11-22(29)19(12-18)20-13-21(15-6-7-15)28(27-20)24(31)26-17-8-9-17/h2-5,10-13,15,17,29H,6-9H2,1H3,(H,25,30)(H,26,31). The van der Waals surface area contributed by atoms with Crippen LogP contribution in [0.5, 0.6) is 5.75 Å². The predicted octanol–water partition coefficient (Wildman–Crippen LogP) is 4.41. The Labute approximate surface area is 180 Å². The van der Waals surface area contributed by atoms with Crippen LogP contribution in [0.1, 0.15) is 53.2 Å². The van der Waals surface area contributed by atoms with Crippen molar-refractivity contribution in [3.05, 3.63) is 65.4 Å². The number of nitrogens with zero attached hydrogens (tertiary/aromatic N) is 2. The number of amides is 2. The molecule has 7 heteroatoms. The molecular formula is C24H24N4O3. The van der Waals surface area contributed by atoms with Crippen LogP contribution in [0.3, 0.4) is 0 Å². The molecule has 0 atom stereocenters. The number of aromatic nitrogens is 2. The average Bonchev–Trinajstić information content (AvgIpc) is 3.69. The molecule has 3 N–H and O–H groups in total. The second-order valence-corrected chi connectivity index (χ2v) is 8.42. The van der Waals surface area contributed by atoms with Crippen LogP contribution >= 0.6 is 0 Å². The summed E-state index contributed by atoms with van der Waals surface area (Å²) in [5.41, 5.74) is 4.02. The summed E-state index contributed by atoms with van der Waals surface area (Å²) in [6, 6.07) is 14.0. The van der Waals surface area contributed by atoms with Gasteiger partial charge >= 0.3 is 6.03 Å². The Morgan fingerprint density at radius 3 is 2.45 bits per heavy atom. The Bertz CT molecular complexity index is 1160. The van der Waals surface area contributed by atoms with E-state index in [4.69, 9.17) is 0 Å². The molecule has 0 radical (unpaired) electrons. The van der Waals surface area contributed by atoms with Crippen molar-refractivity contribution >= 4 is 17.6 Å². The van der Waals surface area contributed by atoms with Gasteiger partial charge in [0.2, 0.25) is 0 Å². The van der Waals surface area contributed by atoms with E-state index in [1.165, 1.54) is 10.7 Å². The lowest BCUT2D eigenvalue weighted by atomic mass is 10.1. The molecule has 2 fully saturated rings. The largest absolute Gasteiger partial charge is 0.507 e. The van der Waals surface area contributed by atoms with E-state index in [1.807, 2.05) is 25.1 Å². The molecule has 3 aromatic rings. The van der Waals surface area contributed by atoms with Gasteiger partial charge in [-0.2, -0.15) is 9.78 Å². The number of carbonyl (C=O) groups is 2. The molecule has 2 aliphatic rings.